The molecule has 2 aliphatic heterocycles. The maximum Gasteiger partial charge on any atom is 0.243 e. The van der Waals surface area contributed by atoms with Crippen LogP contribution in [0, 0.1) is 11.7 Å². The van der Waals surface area contributed by atoms with E-state index in [0.717, 1.165) is 10.6 Å². The van der Waals surface area contributed by atoms with Crippen molar-refractivity contribution in [3.8, 4) is 0 Å². The number of carbonyl (C=O) groups excluding carboxylic acids is 1. The van der Waals surface area contributed by atoms with Gasteiger partial charge in [-0.1, -0.05) is 6.92 Å². The molecule has 9 heteroatoms. The third-order valence-corrected chi connectivity index (χ3v) is 8.44. The first-order chi connectivity index (χ1) is 13.8. The van der Waals surface area contributed by atoms with Crippen molar-refractivity contribution < 1.29 is 17.6 Å². The summed E-state index contributed by atoms with van der Waals surface area (Å²) in [6.07, 6.45) is 0. The zero-order valence-corrected chi connectivity index (χ0v) is 17.6. The summed E-state index contributed by atoms with van der Waals surface area (Å²) in [7, 11) is -3.66. The standard InChI is InChI=1S/C20H22FN3O3S2/c1-14-13-28-19-7-6-17(12-18(19)22-20(14)25)29(26,27)24-10-8-23(9-11-24)16-4-2-15(21)3-5-16/h2-7,12,14H,8-11,13H2,1H3,(H,22,25)/t14-/m0/s1. The van der Waals surface area contributed by atoms with Crippen LogP contribution in [0.15, 0.2) is 52.3 Å². The van der Waals surface area contributed by atoms with Crippen LogP contribution < -0.4 is 10.2 Å². The first-order valence-electron chi connectivity index (χ1n) is 9.43. The molecule has 154 valence electrons. The zero-order valence-electron chi connectivity index (χ0n) is 16.0. The van der Waals surface area contributed by atoms with Crippen molar-refractivity contribution in [3.05, 3.63) is 48.3 Å². The van der Waals surface area contributed by atoms with Gasteiger partial charge in [0.1, 0.15) is 5.82 Å². The van der Waals surface area contributed by atoms with Gasteiger partial charge in [-0.2, -0.15) is 4.31 Å². The number of halogens is 1. The summed E-state index contributed by atoms with van der Waals surface area (Å²) in [5.41, 5.74) is 1.43. The summed E-state index contributed by atoms with van der Waals surface area (Å²) >= 11 is 1.55. The Bertz CT molecular complexity index is 1020. The molecule has 0 aromatic heterocycles. The Morgan fingerprint density at radius 3 is 2.45 bits per heavy atom. The van der Waals surface area contributed by atoms with Crippen molar-refractivity contribution in [3.63, 3.8) is 0 Å². The number of rotatable bonds is 3. The largest absolute Gasteiger partial charge is 0.369 e. The Morgan fingerprint density at radius 1 is 1.07 bits per heavy atom. The van der Waals surface area contributed by atoms with Crippen molar-refractivity contribution >= 4 is 39.1 Å². The van der Waals surface area contributed by atoms with E-state index in [1.807, 2.05) is 11.8 Å². The molecule has 2 aliphatic rings. The van der Waals surface area contributed by atoms with E-state index >= 15 is 0 Å². The van der Waals surface area contributed by atoms with E-state index in [1.165, 1.54) is 16.4 Å². The fourth-order valence-corrected chi connectivity index (χ4v) is 5.89. The molecule has 0 saturated carbocycles. The molecule has 2 aromatic rings. The Kier molecular flexibility index (Phi) is 5.54. The number of hydrogen-bond donors (Lipinski definition) is 1. The highest BCUT2D eigenvalue weighted by atomic mass is 32.2. The highest BCUT2D eigenvalue weighted by molar-refractivity contribution is 7.99. The number of fused-ring (bicyclic) bond motifs is 1. The molecule has 6 nitrogen and oxygen atoms in total. The van der Waals surface area contributed by atoms with Gasteiger partial charge in [-0.3, -0.25) is 4.79 Å². The van der Waals surface area contributed by atoms with Gasteiger partial charge in [-0.25, -0.2) is 12.8 Å². The van der Waals surface area contributed by atoms with Gasteiger partial charge in [0.25, 0.3) is 0 Å². The molecule has 0 aliphatic carbocycles. The number of nitrogens with zero attached hydrogens (tertiary/aromatic N) is 2. The van der Waals surface area contributed by atoms with Crippen LogP contribution in [-0.4, -0.2) is 50.6 Å². The van der Waals surface area contributed by atoms with Crippen LogP contribution in [-0.2, 0) is 14.8 Å². The molecule has 0 radical (unpaired) electrons. The molecule has 29 heavy (non-hydrogen) atoms. The minimum Gasteiger partial charge on any atom is -0.369 e. The van der Waals surface area contributed by atoms with Crippen molar-refractivity contribution in [1.82, 2.24) is 4.31 Å². The molecule has 4 rings (SSSR count). The number of benzene rings is 2. The van der Waals surface area contributed by atoms with E-state index in [1.54, 1.807) is 42.1 Å². The number of anilines is 2. The third-order valence-electron chi connectivity index (χ3n) is 5.21. The topological polar surface area (TPSA) is 69.7 Å². The number of amides is 1. The second-order valence-electron chi connectivity index (χ2n) is 7.23. The number of carbonyl (C=O) groups is 1. The first-order valence-corrected chi connectivity index (χ1v) is 11.9. The Balaban J connectivity index is 1.50. The molecular formula is C20H22FN3O3S2. The van der Waals surface area contributed by atoms with Crippen molar-refractivity contribution in [2.24, 2.45) is 5.92 Å². The predicted molar refractivity (Wildman–Crippen MR) is 112 cm³/mol. The summed E-state index contributed by atoms with van der Waals surface area (Å²) in [5.74, 6) is 0.138. The van der Waals surface area contributed by atoms with Gasteiger partial charge in [0.05, 0.1) is 10.6 Å². The van der Waals surface area contributed by atoms with Crippen molar-refractivity contribution in [2.75, 3.05) is 42.1 Å². The molecular weight excluding hydrogens is 413 g/mol. The second kappa shape index (κ2) is 7.97. The van der Waals surface area contributed by atoms with Gasteiger partial charge in [0.2, 0.25) is 15.9 Å². The lowest BCUT2D eigenvalue weighted by Gasteiger charge is -2.35. The summed E-state index contributed by atoms with van der Waals surface area (Å²) in [4.78, 5) is 15.2. The molecule has 0 bridgehead atoms. The van der Waals surface area contributed by atoms with E-state index in [2.05, 4.69) is 5.32 Å². The van der Waals surface area contributed by atoms with Gasteiger partial charge in [0, 0.05) is 48.4 Å². The summed E-state index contributed by atoms with van der Waals surface area (Å²) in [6.45, 7) is 3.59. The maximum atomic E-state index is 13.1. The first kappa shape index (κ1) is 20.2. The molecule has 2 heterocycles. The Hall–Kier alpha value is -2.10. The monoisotopic (exact) mass is 435 g/mol. The average Bonchev–Trinajstić information content (AvgIpc) is 2.86. The quantitative estimate of drug-likeness (QED) is 0.803. The number of piperazine rings is 1. The minimum atomic E-state index is -3.66. The fourth-order valence-electron chi connectivity index (χ4n) is 3.43. The number of hydrogen-bond acceptors (Lipinski definition) is 5. The third kappa shape index (κ3) is 4.12. The minimum absolute atomic E-state index is 0.0984. The molecule has 0 spiro atoms. The van der Waals surface area contributed by atoms with E-state index in [-0.39, 0.29) is 22.5 Å². The fraction of sp³-hybridized carbons (Fsp3) is 0.350. The highest BCUT2D eigenvalue weighted by Crippen LogP contribution is 2.35. The lowest BCUT2D eigenvalue weighted by molar-refractivity contribution is -0.118. The smallest absolute Gasteiger partial charge is 0.243 e. The van der Waals surface area contributed by atoms with Crippen LogP contribution in [0.25, 0.3) is 0 Å². The Labute approximate surface area is 174 Å². The molecule has 1 N–H and O–H groups in total. The van der Waals surface area contributed by atoms with Crippen LogP contribution in [0.3, 0.4) is 0 Å². The predicted octanol–water partition coefficient (Wildman–Crippen LogP) is 3.02. The molecule has 1 amide bonds. The van der Waals surface area contributed by atoms with Gasteiger partial charge in [-0.05, 0) is 42.5 Å². The summed E-state index contributed by atoms with van der Waals surface area (Å²) in [6, 6.07) is 11.1. The van der Waals surface area contributed by atoms with Crippen LogP contribution in [0.1, 0.15) is 6.92 Å². The van der Waals surface area contributed by atoms with Crippen molar-refractivity contribution in [2.45, 2.75) is 16.7 Å². The van der Waals surface area contributed by atoms with Crippen LogP contribution >= 0.6 is 11.8 Å². The number of thioether (sulfide) groups is 1. The van der Waals surface area contributed by atoms with Gasteiger partial charge in [0.15, 0.2) is 0 Å². The van der Waals surface area contributed by atoms with E-state index in [0.29, 0.717) is 37.6 Å². The van der Waals surface area contributed by atoms with Gasteiger partial charge in [-0.15, -0.1) is 11.8 Å². The second-order valence-corrected chi connectivity index (χ2v) is 10.2. The van der Waals surface area contributed by atoms with Crippen LogP contribution in [0.2, 0.25) is 0 Å². The lowest BCUT2D eigenvalue weighted by atomic mass is 10.2. The van der Waals surface area contributed by atoms with Crippen LogP contribution in [0.5, 0.6) is 0 Å². The highest BCUT2D eigenvalue weighted by Gasteiger charge is 2.30. The van der Waals surface area contributed by atoms with E-state index in [4.69, 9.17) is 0 Å². The lowest BCUT2D eigenvalue weighted by Crippen LogP contribution is -2.48. The van der Waals surface area contributed by atoms with E-state index in [9.17, 15) is 17.6 Å². The van der Waals surface area contributed by atoms with Gasteiger partial charge < -0.3 is 10.2 Å². The average molecular weight is 436 g/mol. The normalized spacial score (nSPS) is 20.7. The maximum absolute atomic E-state index is 13.1. The molecule has 1 fully saturated rings. The SMILES string of the molecule is C[C@H]1CSc2ccc(S(=O)(=O)N3CCN(c4ccc(F)cc4)CC3)cc2NC1=O. The number of nitrogens with one attached hydrogen (secondary N) is 1. The number of sulfonamides is 1. The van der Waals surface area contributed by atoms with Crippen molar-refractivity contribution in [1.29, 1.82) is 0 Å². The summed E-state index contributed by atoms with van der Waals surface area (Å²) in [5, 5.41) is 2.84. The zero-order chi connectivity index (χ0) is 20.6. The van der Waals surface area contributed by atoms with Gasteiger partial charge >= 0.3 is 0 Å². The molecule has 1 atom stereocenters. The molecule has 2 aromatic carbocycles. The molecule has 0 unspecified atom stereocenters. The summed E-state index contributed by atoms with van der Waals surface area (Å²) < 4.78 is 40.8. The van der Waals surface area contributed by atoms with Crippen LogP contribution in [0.4, 0.5) is 15.8 Å². The van der Waals surface area contributed by atoms with E-state index < -0.39 is 10.0 Å². The molecule has 1 saturated heterocycles. The Morgan fingerprint density at radius 2 is 1.76 bits per heavy atom.